The molecule has 1 saturated heterocycles. The summed E-state index contributed by atoms with van der Waals surface area (Å²) in [5.74, 6) is -0.350. The van der Waals surface area contributed by atoms with Crippen LogP contribution in [0.5, 0.6) is 11.5 Å². The van der Waals surface area contributed by atoms with Crippen molar-refractivity contribution in [3.63, 3.8) is 0 Å². The highest BCUT2D eigenvalue weighted by Crippen LogP contribution is 2.37. The molecule has 0 spiro atoms. The predicted octanol–water partition coefficient (Wildman–Crippen LogP) is 7.18. The number of anilines is 2. The largest absolute Gasteiger partial charge is 0.490 e. The van der Waals surface area contributed by atoms with Crippen LogP contribution in [0, 0.1) is 0 Å². The molecule has 1 heterocycles. The van der Waals surface area contributed by atoms with Crippen molar-refractivity contribution >= 4 is 69.2 Å². The van der Waals surface area contributed by atoms with Gasteiger partial charge in [0.25, 0.3) is 11.8 Å². The molecule has 0 aliphatic carbocycles. The van der Waals surface area contributed by atoms with Gasteiger partial charge in [-0.3, -0.25) is 14.5 Å². The second-order valence-corrected chi connectivity index (χ2v) is 10.2. The number of thioether (sulfide) groups is 1. The summed E-state index contributed by atoms with van der Waals surface area (Å²) in [6, 6.07) is 16.0. The van der Waals surface area contributed by atoms with Crippen molar-refractivity contribution in [2.24, 2.45) is 0 Å². The Morgan fingerprint density at radius 1 is 1.08 bits per heavy atom. The maximum Gasteiger partial charge on any atom is 0.416 e. The zero-order valence-corrected chi connectivity index (χ0v) is 22.6. The molecule has 0 radical (unpaired) electrons. The van der Waals surface area contributed by atoms with Gasteiger partial charge in [0.1, 0.15) is 0 Å². The summed E-state index contributed by atoms with van der Waals surface area (Å²) in [6.07, 6.45) is -2.86. The predicted molar refractivity (Wildman–Crippen MR) is 150 cm³/mol. The van der Waals surface area contributed by atoms with Crippen LogP contribution in [0.3, 0.4) is 0 Å². The number of alkyl halides is 3. The van der Waals surface area contributed by atoms with E-state index in [1.165, 1.54) is 17.0 Å². The number of nitrogens with zero attached hydrogens (tertiary/aromatic N) is 1. The molecule has 2 amide bonds. The molecule has 0 atom stereocenters. The van der Waals surface area contributed by atoms with Crippen LogP contribution in [0.1, 0.15) is 18.1 Å². The fourth-order valence-electron chi connectivity index (χ4n) is 3.55. The molecule has 1 fully saturated rings. The lowest BCUT2D eigenvalue weighted by atomic mass is 10.1. The number of carbonyl (C=O) groups is 2. The number of hydrogen-bond acceptors (Lipinski definition) is 6. The van der Waals surface area contributed by atoms with Gasteiger partial charge in [-0.05, 0) is 73.2 Å². The van der Waals surface area contributed by atoms with Gasteiger partial charge in [-0.25, -0.2) is 0 Å². The fourth-order valence-corrected chi connectivity index (χ4v) is 4.97. The second kappa shape index (κ2) is 12.1. The number of nitrogens with one attached hydrogen (secondary N) is 1. The minimum Gasteiger partial charge on any atom is -0.490 e. The Hall–Kier alpha value is -3.54. The first-order valence-electron chi connectivity index (χ1n) is 11.5. The van der Waals surface area contributed by atoms with Gasteiger partial charge in [-0.1, -0.05) is 47.7 Å². The molecule has 0 aromatic heterocycles. The zero-order chi connectivity index (χ0) is 28.2. The highest BCUT2D eigenvalue weighted by atomic mass is 35.5. The van der Waals surface area contributed by atoms with E-state index in [1.54, 1.807) is 55.5 Å². The smallest absolute Gasteiger partial charge is 0.416 e. The minimum absolute atomic E-state index is 0.00489. The Morgan fingerprint density at radius 2 is 1.82 bits per heavy atom. The van der Waals surface area contributed by atoms with Crippen molar-refractivity contribution in [2.75, 3.05) is 23.4 Å². The average Bonchev–Trinajstić information content (AvgIpc) is 3.16. The molecule has 6 nitrogen and oxygen atoms in total. The summed E-state index contributed by atoms with van der Waals surface area (Å²) >= 11 is 12.5. The van der Waals surface area contributed by atoms with Crippen LogP contribution in [0.15, 0.2) is 71.6 Å². The first-order chi connectivity index (χ1) is 18.5. The lowest BCUT2D eigenvalue weighted by molar-refractivity contribution is -0.137. The Labute approximate surface area is 236 Å². The third-order valence-corrected chi connectivity index (χ3v) is 6.83. The van der Waals surface area contributed by atoms with Crippen molar-refractivity contribution in [2.45, 2.75) is 13.1 Å². The monoisotopic (exact) mass is 592 g/mol. The number of hydrogen-bond donors (Lipinski definition) is 1. The van der Waals surface area contributed by atoms with E-state index in [0.717, 1.165) is 23.9 Å². The minimum atomic E-state index is -4.53. The maximum atomic E-state index is 13.0. The lowest BCUT2D eigenvalue weighted by Crippen LogP contribution is -2.27. The van der Waals surface area contributed by atoms with Gasteiger partial charge in [0.2, 0.25) is 0 Å². The SMILES string of the molecule is CCOc1cc(/C=C2\SC(=S)N(c3ccc(Cl)cc3)C2=O)ccc1OCC(=O)Nc1cccc(C(F)(F)F)c1. The van der Waals surface area contributed by atoms with Crippen LogP contribution in [0.25, 0.3) is 6.08 Å². The summed E-state index contributed by atoms with van der Waals surface area (Å²) in [4.78, 5) is 27.2. The molecule has 0 saturated carbocycles. The van der Waals surface area contributed by atoms with Crippen molar-refractivity contribution in [3.05, 3.63) is 87.8 Å². The fraction of sp³-hybridized carbons (Fsp3) is 0.148. The van der Waals surface area contributed by atoms with Crippen molar-refractivity contribution in [3.8, 4) is 11.5 Å². The van der Waals surface area contributed by atoms with Crippen LogP contribution >= 0.6 is 35.6 Å². The van der Waals surface area contributed by atoms with E-state index in [9.17, 15) is 22.8 Å². The van der Waals surface area contributed by atoms with Crippen molar-refractivity contribution < 1.29 is 32.2 Å². The van der Waals surface area contributed by atoms with Gasteiger partial charge < -0.3 is 14.8 Å². The van der Waals surface area contributed by atoms with E-state index in [1.807, 2.05) is 0 Å². The summed E-state index contributed by atoms with van der Waals surface area (Å²) in [5.41, 5.74) is 0.360. The van der Waals surface area contributed by atoms with Crippen LogP contribution in [0.2, 0.25) is 5.02 Å². The van der Waals surface area contributed by atoms with Crippen LogP contribution in [0.4, 0.5) is 24.5 Å². The van der Waals surface area contributed by atoms with Gasteiger partial charge in [-0.15, -0.1) is 0 Å². The average molecular weight is 593 g/mol. The maximum absolute atomic E-state index is 13.0. The first-order valence-corrected chi connectivity index (χ1v) is 13.1. The van der Waals surface area contributed by atoms with Crippen LogP contribution < -0.4 is 19.7 Å². The third-order valence-electron chi connectivity index (χ3n) is 5.28. The second-order valence-electron chi connectivity index (χ2n) is 8.05. The van der Waals surface area contributed by atoms with E-state index in [0.29, 0.717) is 37.9 Å². The van der Waals surface area contributed by atoms with E-state index in [4.69, 9.17) is 33.3 Å². The van der Waals surface area contributed by atoms with Crippen molar-refractivity contribution in [1.29, 1.82) is 0 Å². The summed E-state index contributed by atoms with van der Waals surface area (Å²) < 4.78 is 50.3. The number of amides is 2. The lowest BCUT2D eigenvalue weighted by Gasteiger charge is -2.14. The molecule has 39 heavy (non-hydrogen) atoms. The standard InChI is InChI=1S/C27H20ClF3N2O4S2/c1-2-36-22-12-16(13-23-25(35)33(26(38)39-23)20-9-7-18(28)8-10-20)6-11-21(22)37-15-24(34)32-19-5-3-4-17(14-19)27(29,30)31/h3-14H,2,15H2,1H3,(H,32,34)/b23-13-. The van der Waals surface area contributed by atoms with Gasteiger partial charge in [0.15, 0.2) is 22.4 Å². The van der Waals surface area contributed by atoms with Gasteiger partial charge in [0.05, 0.1) is 22.8 Å². The molecule has 4 rings (SSSR count). The molecule has 1 aliphatic heterocycles. The highest BCUT2D eigenvalue weighted by Gasteiger charge is 2.33. The van der Waals surface area contributed by atoms with E-state index in [2.05, 4.69) is 5.32 Å². The van der Waals surface area contributed by atoms with Crippen LogP contribution in [-0.2, 0) is 15.8 Å². The quantitative estimate of drug-likeness (QED) is 0.221. The molecule has 3 aromatic carbocycles. The molecule has 0 bridgehead atoms. The summed E-state index contributed by atoms with van der Waals surface area (Å²) in [6.45, 7) is 1.61. The molecule has 202 valence electrons. The van der Waals surface area contributed by atoms with Crippen LogP contribution in [-0.4, -0.2) is 29.3 Å². The van der Waals surface area contributed by atoms with E-state index in [-0.39, 0.29) is 17.3 Å². The Balaban J connectivity index is 1.45. The summed E-state index contributed by atoms with van der Waals surface area (Å²) in [5, 5.41) is 2.93. The molecule has 1 N–H and O–H groups in total. The van der Waals surface area contributed by atoms with E-state index >= 15 is 0 Å². The first kappa shape index (κ1) is 28.5. The van der Waals surface area contributed by atoms with Gasteiger partial charge in [-0.2, -0.15) is 13.2 Å². The van der Waals surface area contributed by atoms with Crippen molar-refractivity contribution in [1.82, 2.24) is 0 Å². The number of benzene rings is 3. The van der Waals surface area contributed by atoms with Gasteiger partial charge in [0, 0.05) is 10.7 Å². The number of carbonyl (C=O) groups excluding carboxylic acids is 2. The topological polar surface area (TPSA) is 67.9 Å². The number of ether oxygens (including phenoxy) is 2. The normalized spacial score (nSPS) is 14.6. The molecule has 3 aromatic rings. The number of thiocarbonyl (C=S) groups is 1. The molecule has 1 aliphatic rings. The Morgan fingerprint density at radius 3 is 2.51 bits per heavy atom. The third kappa shape index (κ3) is 7.11. The zero-order valence-electron chi connectivity index (χ0n) is 20.3. The number of rotatable bonds is 8. The molecule has 0 unspecified atom stereocenters. The summed E-state index contributed by atoms with van der Waals surface area (Å²) in [7, 11) is 0. The highest BCUT2D eigenvalue weighted by molar-refractivity contribution is 8.27. The Kier molecular flexibility index (Phi) is 8.83. The molecular formula is C27H20ClF3N2O4S2. The number of halogens is 4. The molecule has 12 heteroatoms. The Bertz CT molecular complexity index is 1450. The molecular weight excluding hydrogens is 573 g/mol. The van der Waals surface area contributed by atoms with Gasteiger partial charge >= 0.3 is 6.18 Å². The van der Waals surface area contributed by atoms with E-state index < -0.39 is 24.3 Å².